The van der Waals surface area contributed by atoms with Crippen molar-refractivity contribution in [3.05, 3.63) is 16.1 Å². The van der Waals surface area contributed by atoms with Crippen LogP contribution in [0.5, 0.6) is 0 Å². The van der Waals surface area contributed by atoms with Crippen LogP contribution in [0.4, 0.5) is 0 Å². The summed E-state index contributed by atoms with van der Waals surface area (Å²) in [6.07, 6.45) is 3.69. The quantitative estimate of drug-likeness (QED) is 0.703. The molecule has 2 rings (SSSR count). The van der Waals surface area contributed by atoms with Gasteiger partial charge in [-0.25, -0.2) is 9.78 Å². The minimum atomic E-state index is -0.327. The molecule has 0 saturated carbocycles. The van der Waals surface area contributed by atoms with E-state index in [4.69, 9.17) is 4.74 Å². The molecule has 5 heteroatoms. The maximum atomic E-state index is 11.1. The summed E-state index contributed by atoms with van der Waals surface area (Å²) < 4.78 is 10.1. The number of aromatic nitrogens is 1. The molecule has 0 radical (unpaired) electrons. The number of carbonyl (C=O) groups is 1. The standard InChI is InChI=1S/C9H11NO3S/c1-12-9(11)7-5-10-8(14-7)6-3-2-4-13-6/h5-6H,2-4H2,1H3. The molecule has 76 valence electrons. The molecule has 0 aromatic carbocycles. The Morgan fingerprint density at radius 1 is 1.79 bits per heavy atom. The lowest BCUT2D eigenvalue weighted by atomic mass is 10.2. The molecule has 1 fully saturated rings. The topological polar surface area (TPSA) is 48.4 Å². The Bertz CT molecular complexity index is 331. The van der Waals surface area contributed by atoms with E-state index >= 15 is 0 Å². The summed E-state index contributed by atoms with van der Waals surface area (Å²) in [5.74, 6) is -0.327. The molecule has 1 atom stereocenters. The van der Waals surface area contributed by atoms with E-state index in [-0.39, 0.29) is 12.1 Å². The Balaban J connectivity index is 2.12. The SMILES string of the molecule is COC(=O)c1cnc(C2CCCO2)s1. The molecule has 2 heterocycles. The summed E-state index contributed by atoms with van der Waals surface area (Å²) in [6.45, 7) is 0.789. The van der Waals surface area contributed by atoms with Crippen LogP contribution < -0.4 is 0 Å². The number of thiazole rings is 1. The Morgan fingerprint density at radius 2 is 2.64 bits per heavy atom. The van der Waals surface area contributed by atoms with E-state index in [1.54, 1.807) is 6.20 Å². The Morgan fingerprint density at radius 3 is 3.29 bits per heavy atom. The molecule has 0 amide bonds. The zero-order valence-corrected chi connectivity index (χ0v) is 8.67. The van der Waals surface area contributed by atoms with Gasteiger partial charge in [-0.2, -0.15) is 0 Å². The minimum Gasteiger partial charge on any atom is -0.465 e. The number of carbonyl (C=O) groups excluding carboxylic acids is 1. The first-order valence-electron chi connectivity index (χ1n) is 4.47. The largest absolute Gasteiger partial charge is 0.465 e. The van der Waals surface area contributed by atoms with Gasteiger partial charge in [-0.1, -0.05) is 0 Å². The number of hydrogen-bond donors (Lipinski definition) is 0. The Labute approximate surface area is 85.9 Å². The predicted octanol–water partition coefficient (Wildman–Crippen LogP) is 1.78. The molecule has 0 bridgehead atoms. The minimum absolute atomic E-state index is 0.0819. The van der Waals surface area contributed by atoms with Crippen LogP contribution in [-0.2, 0) is 9.47 Å². The summed E-state index contributed by atoms with van der Waals surface area (Å²) in [5.41, 5.74) is 0. The monoisotopic (exact) mass is 213 g/mol. The molecule has 1 aromatic heterocycles. The van der Waals surface area contributed by atoms with Crippen molar-refractivity contribution in [3.8, 4) is 0 Å². The van der Waals surface area contributed by atoms with Gasteiger partial charge in [0.2, 0.25) is 0 Å². The first-order valence-corrected chi connectivity index (χ1v) is 5.28. The normalized spacial score (nSPS) is 21.1. The highest BCUT2D eigenvalue weighted by Crippen LogP contribution is 2.31. The number of hydrogen-bond acceptors (Lipinski definition) is 5. The smallest absolute Gasteiger partial charge is 0.349 e. The third-order valence-corrected chi connectivity index (χ3v) is 3.18. The van der Waals surface area contributed by atoms with E-state index < -0.39 is 0 Å². The summed E-state index contributed by atoms with van der Waals surface area (Å²) in [6, 6.07) is 0. The summed E-state index contributed by atoms with van der Waals surface area (Å²) in [7, 11) is 1.37. The number of methoxy groups -OCH3 is 1. The lowest BCUT2D eigenvalue weighted by Crippen LogP contribution is -1.97. The second-order valence-electron chi connectivity index (χ2n) is 3.06. The zero-order chi connectivity index (χ0) is 9.97. The maximum absolute atomic E-state index is 11.1. The number of ether oxygens (including phenoxy) is 2. The van der Waals surface area contributed by atoms with Crippen molar-refractivity contribution in [2.45, 2.75) is 18.9 Å². The second kappa shape index (κ2) is 4.06. The van der Waals surface area contributed by atoms with E-state index in [1.807, 2.05) is 0 Å². The van der Waals surface area contributed by atoms with Crippen LogP contribution in [-0.4, -0.2) is 24.7 Å². The Hall–Kier alpha value is -0.940. The van der Waals surface area contributed by atoms with E-state index in [0.717, 1.165) is 24.5 Å². The molecule has 0 spiro atoms. The van der Waals surface area contributed by atoms with Crippen LogP contribution >= 0.6 is 11.3 Å². The van der Waals surface area contributed by atoms with Crippen LogP contribution in [0, 0.1) is 0 Å². The third kappa shape index (κ3) is 1.78. The van der Waals surface area contributed by atoms with Gasteiger partial charge < -0.3 is 9.47 Å². The summed E-state index contributed by atoms with van der Waals surface area (Å²) in [4.78, 5) is 15.8. The van der Waals surface area contributed by atoms with E-state index in [1.165, 1.54) is 18.4 Å². The molecule has 1 unspecified atom stereocenters. The van der Waals surface area contributed by atoms with Crippen molar-refractivity contribution in [1.82, 2.24) is 4.98 Å². The van der Waals surface area contributed by atoms with Crippen molar-refractivity contribution in [3.63, 3.8) is 0 Å². The van der Waals surface area contributed by atoms with Gasteiger partial charge in [0.15, 0.2) is 0 Å². The molecular formula is C9H11NO3S. The second-order valence-corrected chi connectivity index (χ2v) is 4.12. The average Bonchev–Trinajstić information content (AvgIpc) is 2.86. The van der Waals surface area contributed by atoms with Crippen LogP contribution in [0.15, 0.2) is 6.20 Å². The van der Waals surface area contributed by atoms with E-state index in [0.29, 0.717) is 4.88 Å². The maximum Gasteiger partial charge on any atom is 0.349 e. The number of esters is 1. The number of rotatable bonds is 2. The highest BCUT2D eigenvalue weighted by Gasteiger charge is 2.22. The summed E-state index contributed by atoms with van der Waals surface area (Å²) >= 11 is 1.35. The number of nitrogens with zero attached hydrogens (tertiary/aromatic N) is 1. The van der Waals surface area contributed by atoms with Gasteiger partial charge in [0.25, 0.3) is 0 Å². The van der Waals surface area contributed by atoms with Crippen molar-refractivity contribution in [2.24, 2.45) is 0 Å². The molecule has 1 saturated heterocycles. The average molecular weight is 213 g/mol. The van der Waals surface area contributed by atoms with Crippen LogP contribution in [0.25, 0.3) is 0 Å². The van der Waals surface area contributed by atoms with Gasteiger partial charge in [0.1, 0.15) is 16.0 Å². The molecule has 1 aliphatic heterocycles. The van der Waals surface area contributed by atoms with Crippen molar-refractivity contribution in [2.75, 3.05) is 13.7 Å². The van der Waals surface area contributed by atoms with Crippen LogP contribution in [0.2, 0.25) is 0 Å². The Kier molecular flexibility index (Phi) is 2.79. The van der Waals surface area contributed by atoms with Gasteiger partial charge in [0, 0.05) is 6.61 Å². The fraction of sp³-hybridized carbons (Fsp3) is 0.556. The zero-order valence-electron chi connectivity index (χ0n) is 7.86. The van der Waals surface area contributed by atoms with Gasteiger partial charge in [-0.05, 0) is 12.8 Å². The van der Waals surface area contributed by atoms with E-state index in [9.17, 15) is 4.79 Å². The van der Waals surface area contributed by atoms with Crippen LogP contribution in [0.1, 0.15) is 33.6 Å². The molecule has 0 aliphatic carbocycles. The fourth-order valence-corrected chi connectivity index (χ4v) is 2.32. The lowest BCUT2D eigenvalue weighted by molar-refractivity contribution is 0.0606. The lowest BCUT2D eigenvalue weighted by Gasteiger charge is -2.02. The van der Waals surface area contributed by atoms with Crippen molar-refractivity contribution >= 4 is 17.3 Å². The van der Waals surface area contributed by atoms with E-state index in [2.05, 4.69) is 9.72 Å². The molecule has 4 nitrogen and oxygen atoms in total. The van der Waals surface area contributed by atoms with Gasteiger partial charge in [-0.15, -0.1) is 11.3 Å². The molecule has 1 aliphatic rings. The fourth-order valence-electron chi connectivity index (χ4n) is 1.40. The molecule has 14 heavy (non-hydrogen) atoms. The van der Waals surface area contributed by atoms with Gasteiger partial charge in [0.05, 0.1) is 13.3 Å². The first-order chi connectivity index (χ1) is 6.81. The van der Waals surface area contributed by atoms with Crippen molar-refractivity contribution in [1.29, 1.82) is 0 Å². The van der Waals surface area contributed by atoms with Crippen molar-refractivity contribution < 1.29 is 14.3 Å². The molecule has 1 aromatic rings. The first kappa shape index (κ1) is 9.61. The molecule has 0 N–H and O–H groups in total. The summed E-state index contributed by atoms with van der Waals surface area (Å²) in [5, 5.41) is 0.878. The predicted molar refractivity (Wildman–Crippen MR) is 51.4 cm³/mol. The van der Waals surface area contributed by atoms with Gasteiger partial charge in [-0.3, -0.25) is 0 Å². The highest BCUT2D eigenvalue weighted by molar-refractivity contribution is 7.13. The van der Waals surface area contributed by atoms with Gasteiger partial charge >= 0.3 is 5.97 Å². The third-order valence-electron chi connectivity index (χ3n) is 2.12. The molecular weight excluding hydrogens is 202 g/mol. The highest BCUT2D eigenvalue weighted by atomic mass is 32.1. The van der Waals surface area contributed by atoms with Crippen LogP contribution in [0.3, 0.4) is 0 Å².